The third-order valence-electron chi connectivity index (χ3n) is 12.1. The maximum Gasteiger partial charge on any atom is 0.499 e. The number of nitrogens with zero attached hydrogens (tertiary/aromatic N) is 10. The highest BCUT2D eigenvalue weighted by Crippen LogP contribution is 2.27. The Labute approximate surface area is 591 Å². The number of fused-ring (bicyclic) bond motifs is 1. The smallest absolute Gasteiger partial charge is 0.499 e. The topological polar surface area (TPSA) is 398 Å². The first kappa shape index (κ1) is 76.3. The van der Waals surface area contributed by atoms with Gasteiger partial charge in [0.2, 0.25) is 0 Å². The summed E-state index contributed by atoms with van der Waals surface area (Å²) in [7, 11) is -1.30. The van der Waals surface area contributed by atoms with Crippen molar-refractivity contribution in [2.24, 2.45) is 5.73 Å². The van der Waals surface area contributed by atoms with Gasteiger partial charge in [0.25, 0.3) is 6.48 Å². The van der Waals surface area contributed by atoms with Crippen LogP contribution in [0.4, 0.5) is 29.1 Å². The van der Waals surface area contributed by atoms with Gasteiger partial charge in [0.15, 0.2) is 40.4 Å². The number of hydrogen-bond donors (Lipinski definition) is 12. The first-order valence-corrected chi connectivity index (χ1v) is 34.0. The second-order valence-electron chi connectivity index (χ2n) is 19.1. The summed E-state index contributed by atoms with van der Waals surface area (Å²) in [5.74, 6) is 3.26. The van der Waals surface area contributed by atoms with Crippen molar-refractivity contribution in [2.45, 2.75) is 53.4 Å². The predicted molar refractivity (Wildman–Crippen MR) is 391 cm³/mol. The summed E-state index contributed by atoms with van der Waals surface area (Å²) in [6.07, 6.45) is 8.26. The summed E-state index contributed by atoms with van der Waals surface area (Å²) in [6.45, 7) is 9.39. The standard InChI is InChI=1S/C16H12N4OS.C15H14N4OS.C11H11BrN4O.C7H9NO.C7H16O3.C4H5BO2S.C4H3Br2N3/c21-12-5-3-11(4-6-12)9-20-10-18-15-16(20)19-13(8-17-15)14-2-1-7-22-14;16-14-15(18-8-10-3-5-11(20)6-4-10)19-12(9-17-14)13-2-1-7-21-13;12-9-6-14-10(13)11(16-9)15-5-7-1-3-8(17)4-2-7;8-5-6-1-3-7(9)4-2-6;1-4-8-7(9-5-2)10-6-3;6-5(7)4-2-1-3-8-4;5-2-1-8-4(7)3(6)9-2/h1-8,10,21H,9H2;1-7,9,20H,8H2,(H2,16,17)(H,18,19);1-4,6,17H,5H2,(H2,13,14)(H,15,16);1-4,9H,5,8H2;7H,4-6H2,1-3H3;1-3,6-7H;1H,(H2,7,8). The highest BCUT2D eigenvalue weighted by atomic mass is 79.9. The number of imidazole rings is 1. The Balaban J connectivity index is 0.000000184. The Hall–Kier alpha value is -8.77. The largest absolute Gasteiger partial charge is 0.508 e. The number of benzene rings is 4. The van der Waals surface area contributed by atoms with Crippen molar-refractivity contribution in [1.29, 1.82) is 0 Å². The van der Waals surface area contributed by atoms with E-state index in [0.717, 1.165) is 49.0 Å². The van der Waals surface area contributed by atoms with E-state index in [1.165, 1.54) is 11.3 Å². The van der Waals surface area contributed by atoms with Gasteiger partial charge in [-0.25, -0.2) is 44.9 Å². The van der Waals surface area contributed by atoms with E-state index >= 15 is 0 Å². The van der Waals surface area contributed by atoms with Gasteiger partial charge >= 0.3 is 7.12 Å². The van der Waals surface area contributed by atoms with Crippen molar-refractivity contribution in [2.75, 3.05) is 47.7 Å². The molecule has 0 aliphatic heterocycles. The van der Waals surface area contributed by atoms with E-state index in [4.69, 9.17) is 62.4 Å². The molecule has 502 valence electrons. The molecule has 12 aromatic rings. The molecule has 0 atom stereocenters. The van der Waals surface area contributed by atoms with Crippen LogP contribution in [0.5, 0.6) is 23.0 Å². The molecule has 0 aliphatic rings. The molecular formula is C64H70BBr3N16O9S3. The number of anilines is 5. The minimum Gasteiger partial charge on any atom is -0.508 e. The zero-order valence-electron chi connectivity index (χ0n) is 52.0. The summed E-state index contributed by atoms with van der Waals surface area (Å²) in [6, 6.07) is 39.3. The average molecular weight is 1550 g/mol. The van der Waals surface area contributed by atoms with Crippen molar-refractivity contribution in [3.63, 3.8) is 0 Å². The van der Waals surface area contributed by atoms with E-state index in [9.17, 15) is 10.2 Å². The first-order chi connectivity index (χ1) is 46.3. The number of hydrogen-bond acceptors (Lipinski definition) is 27. The van der Waals surface area contributed by atoms with E-state index in [-0.39, 0.29) is 23.0 Å². The fraction of sp³-hybridized carbons (Fsp3) is 0.172. The molecule has 4 aromatic carbocycles. The molecule has 25 nitrogen and oxygen atoms in total. The average Bonchev–Trinajstić information content (AvgIpc) is 1.65. The first-order valence-electron chi connectivity index (χ1n) is 29.0. The Kier molecular flexibility index (Phi) is 32.8. The van der Waals surface area contributed by atoms with Crippen LogP contribution in [0.2, 0.25) is 0 Å². The fourth-order valence-electron chi connectivity index (χ4n) is 7.45. The summed E-state index contributed by atoms with van der Waals surface area (Å²) in [4.78, 5) is 40.1. The van der Waals surface area contributed by atoms with Crippen molar-refractivity contribution in [1.82, 2.24) is 49.4 Å². The van der Waals surface area contributed by atoms with E-state index in [1.807, 2.05) is 96.8 Å². The maximum atomic E-state index is 9.36. The molecule has 0 radical (unpaired) electrons. The number of nitrogens with one attached hydrogen (secondary N) is 2. The third kappa shape index (κ3) is 26.8. The maximum absolute atomic E-state index is 9.36. The number of ether oxygens (including phenoxy) is 3. The number of aromatic nitrogens is 10. The molecular weight excluding hydrogens is 1480 g/mol. The molecule has 0 unspecified atom stereocenters. The lowest BCUT2D eigenvalue weighted by Crippen LogP contribution is -2.26. The second kappa shape index (κ2) is 41.3. The lowest BCUT2D eigenvalue weighted by molar-refractivity contribution is -0.282. The van der Waals surface area contributed by atoms with Crippen LogP contribution in [-0.4, -0.2) is 113 Å². The lowest BCUT2D eigenvalue weighted by atomic mass is 9.90. The van der Waals surface area contributed by atoms with Crippen LogP contribution in [0, 0.1) is 0 Å². The van der Waals surface area contributed by atoms with E-state index in [0.29, 0.717) is 99.3 Å². The highest BCUT2D eigenvalue weighted by molar-refractivity contribution is 9.11. The molecule has 0 bridgehead atoms. The van der Waals surface area contributed by atoms with E-state index in [2.05, 4.69) is 98.3 Å². The molecule has 0 spiro atoms. The van der Waals surface area contributed by atoms with Crippen molar-refractivity contribution in [3.05, 3.63) is 217 Å². The Bertz CT molecular complexity index is 4130. The number of nitrogen functional groups attached to an aromatic ring is 3. The van der Waals surface area contributed by atoms with Gasteiger partial charge in [-0.2, -0.15) is 11.3 Å². The van der Waals surface area contributed by atoms with Crippen molar-refractivity contribution >= 4 is 134 Å². The number of aromatic hydroxyl groups is 4. The normalized spacial score (nSPS) is 10.3. The number of thiophene rings is 3. The molecule has 0 amide bonds. The summed E-state index contributed by atoms with van der Waals surface area (Å²) in [5, 5.41) is 65.6. The Morgan fingerprint density at radius 2 is 0.927 bits per heavy atom. The number of nitrogens with two attached hydrogens (primary N) is 4. The SMILES string of the molecule is CCOC(OCC)OCC.NCc1ccc(O)cc1.Nc1ncc(-c2cccs2)nc1NCc1ccc(O)cc1.Nc1ncc(Br)nc1Br.Nc1ncc(Br)nc1NCc1ccc(O)cc1.OB(O)c1cccs1.Oc1ccc(Cn2cnc3ncc(-c4cccs4)nc32)cc1. The van der Waals surface area contributed by atoms with Gasteiger partial charge in [0.1, 0.15) is 48.2 Å². The van der Waals surface area contributed by atoms with Gasteiger partial charge in [-0.3, -0.25) is 0 Å². The van der Waals surface area contributed by atoms with Crippen molar-refractivity contribution in [3.8, 4) is 44.1 Å². The molecule has 0 saturated heterocycles. The zero-order valence-corrected chi connectivity index (χ0v) is 59.2. The lowest BCUT2D eigenvalue weighted by Gasteiger charge is -2.15. The van der Waals surface area contributed by atoms with Crippen LogP contribution in [0.25, 0.3) is 32.4 Å². The molecule has 0 fully saturated rings. The summed E-state index contributed by atoms with van der Waals surface area (Å²) in [5.41, 5.74) is 29.4. The molecule has 0 saturated carbocycles. The minimum absolute atomic E-state index is 0.246. The van der Waals surface area contributed by atoms with Crippen molar-refractivity contribution < 1.29 is 44.7 Å². The highest BCUT2D eigenvalue weighted by Gasteiger charge is 2.13. The molecule has 12 rings (SSSR count). The van der Waals surface area contributed by atoms with Crippen LogP contribution in [0.3, 0.4) is 0 Å². The van der Waals surface area contributed by atoms with Crippen LogP contribution in [0.1, 0.15) is 43.0 Å². The quantitative estimate of drug-likeness (QED) is 0.0280. The van der Waals surface area contributed by atoms with Gasteiger partial charge in [0.05, 0.1) is 47.4 Å². The molecule has 8 heterocycles. The molecule has 16 N–H and O–H groups in total. The fourth-order valence-corrected chi connectivity index (χ4v) is 10.5. The van der Waals surface area contributed by atoms with Gasteiger partial charge in [-0.1, -0.05) is 72.8 Å². The van der Waals surface area contributed by atoms with Gasteiger partial charge in [-0.15, -0.1) is 22.7 Å². The third-order valence-corrected chi connectivity index (χ3v) is 16.2. The Morgan fingerprint density at radius 1 is 0.500 bits per heavy atom. The van der Waals surface area contributed by atoms with Gasteiger partial charge in [-0.05, 0) is 168 Å². The number of phenolic OH excluding ortho intramolecular Hbond substituents is 4. The molecule has 32 heteroatoms. The minimum atomic E-state index is -1.30. The number of phenols is 4. The zero-order chi connectivity index (χ0) is 69.2. The second-order valence-corrected chi connectivity index (χ2v) is 24.4. The van der Waals surface area contributed by atoms with E-state index < -0.39 is 13.6 Å². The van der Waals surface area contributed by atoms with Crippen LogP contribution >= 0.6 is 81.8 Å². The number of rotatable bonds is 18. The molecule has 8 aromatic heterocycles. The molecule has 96 heavy (non-hydrogen) atoms. The van der Waals surface area contributed by atoms with E-state index in [1.54, 1.807) is 132 Å². The number of halogens is 3. The van der Waals surface area contributed by atoms with Crippen LogP contribution < -0.4 is 38.3 Å². The van der Waals surface area contributed by atoms with Gasteiger partial charge < -0.3 is 82.8 Å². The Morgan fingerprint density at radius 3 is 1.35 bits per heavy atom. The summed E-state index contributed by atoms with van der Waals surface area (Å²) >= 11 is 14.1. The molecule has 0 aliphatic carbocycles. The summed E-state index contributed by atoms with van der Waals surface area (Å²) < 4.78 is 19.6. The predicted octanol–water partition coefficient (Wildman–Crippen LogP) is 11.8. The monoisotopic (exact) mass is 1550 g/mol. The van der Waals surface area contributed by atoms with Crippen LogP contribution in [0.15, 0.2) is 195 Å². The van der Waals surface area contributed by atoms with Crippen LogP contribution in [-0.2, 0) is 40.4 Å². The van der Waals surface area contributed by atoms with Gasteiger partial charge in [0, 0.05) is 44.2 Å².